The van der Waals surface area contributed by atoms with Crippen LogP contribution < -0.4 is 5.43 Å². The summed E-state index contributed by atoms with van der Waals surface area (Å²) < 4.78 is 0. The molecule has 1 amide bonds. The lowest BCUT2D eigenvalue weighted by Gasteiger charge is -2.25. The summed E-state index contributed by atoms with van der Waals surface area (Å²) in [4.78, 5) is 11.8. The van der Waals surface area contributed by atoms with Gasteiger partial charge in [0.1, 0.15) is 0 Å². The van der Waals surface area contributed by atoms with Crippen molar-refractivity contribution in [2.24, 2.45) is 16.4 Å². The zero-order valence-corrected chi connectivity index (χ0v) is 10.8. The van der Waals surface area contributed by atoms with Gasteiger partial charge in [0.05, 0.1) is 6.21 Å². The molecule has 0 aliphatic heterocycles. The standard InChI is InChI=1S/C14H15ClN2O/c15-11-4-2-10(3-5-11)9-16-17-13(18)12-8-14(12)6-1-7-14/h2-5,9,12H,1,6-8H2,(H,17,18)/b16-9-/t12-/m0/s1. The molecule has 18 heavy (non-hydrogen) atoms. The SMILES string of the molecule is O=C(N/N=C\c1ccc(Cl)cc1)[C@@H]1CC12CCC2. The number of carbonyl (C=O) groups is 1. The van der Waals surface area contributed by atoms with Gasteiger partial charge in [0, 0.05) is 10.9 Å². The molecule has 94 valence electrons. The van der Waals surface area contributed by atoms with Gasteiger partial charge >= 0.3 is 0 Å². The Balaban J connectivity index is 1.52. The van der Waals surface area contributed by atoms with Crippen LogP contribution in [0.3, 0.4) is 0 Å². The number of hydrogen-bond acceptors (Lipinski definition) is 2. The fourth-order valence-corrected chi connectivity index (χ4v) is 2.83. The highest BCUT2D eigenvalue weighted by molar-refractivity contribution is 6.30. The second-order valence-corrected chi connectivity index (χ2v) is 5.69. The number of nitrogens with one attached hydrogen (secondary N) is 1. The van der Waals surface area contributed by atoms with Crippen molar-refractivity contribution in [3.05, 3.63) is 34.9 Å². The molecule has 0 bridgehead atoms. The predicted octanol–water partition coefficient (Wildman–Crippen LogP) is 2.98. The number of halogens is 1. The van der Waals surface area contributed by atoms with Gasteiger partial charge in [-0.15, -0.1) is 0 Å². The molecular weight excluding hydrogens is 248 g/mol. The molecule has 3 rings (SSSR count). The van der Waals surface area contributed by atoms with Gasteiger partial charge in [0.25, 0.3) is 0 Å². The Hall–Kier alpha value is -1.35. The van der Waals surface area contributed by atoms with E-state index >= 15 is 0 Å². The third-order valence-electron chi connectivity index (χ3n) is 4.11. The summed E-state index contributed by atoms with van der Waals surface area (Å²) in [5.41, 5.74) is 3.91. The van der Waals surface area contributed by atoms with Crippen molar-refractivity contribution in [2.45, 2.75) is 25.7 Å². The normalized spacial score (nSPS) is 23.9. The number of amides is 1. The Labute approximate surface area is 111 Å². The molecule has 0 unspecified atom stereocenters. The predicted molar refractivity (Wildman–Crippen MR) is 71.6 cm³/mol. The molecule has 0 aromatic heterocycles. The number of hydrazone groups is 1. The molecule has 1 atom stereocenters. The summed E-state index contributed by atoms with van der Waals surface area (Å²) in [5.74, 6) is 0.272. The summed E-state index contributed by atoms with van der Waals surface area (Å²) >= 11 is 5.79. The van der Waals surface area contributed by atoms with Crippen LogP contribution in [0.4, 0.5) is 0 Å². The van der Waals surface area contributed by atoms with E-state index in [1.54, 1.807) is 18.3 Å². The fourth-order valence-electron chi connectivity index (χ4n) is 2.70. The molecule has 0 saturated heterocycles. The summed E-state index contributed by atoms with van der Waals surface area (Å²) in [6, 6.07) is 7.33. The first-order chi connectivity index (χ1) is 8.70. The van der Waals surface area contributed by atoms with E-state index in [0.717, 1.165) is 12.0 Å². The van der Waals surface area contributed by atoms with Gasteiger partial charge in [-0.25, -0.2) is 5.43 Å². The molecule has 2 aliphatic rings. The molecule has 2 fully saturated rings. The summed E-state index contributed by atoms with van der Waals surface area (Å²) in [7, 11) is 0. The van der Waals surface area contributed by atoms with Crippen molar-refractivity contribution < 1.29 is 4.79 Å². The van der Waals surface area contributed by atoms with Gasteiger partial charge in [0.15, 0.2) is 0 Å². The van der Waals surface area contributed by atoms with E-state index < -0.39 is 0 Å². The van der Waals surface area contributed by atoms with Crippen LogP contribution in [-0.4, -0.2) is 12.1 Å². The maximum Gasteiger partial charge on any atom is 0.243 e. The molecule has 2 saturated carbocycles. The lowest BCUT2D eigenvalue weighted by molar-refractivity contribution is -0.123. The van der Waals surface area contributed by atoms with Crippen molar-refractivity contribution in [2.75, 3.05) is 0 Å². The molecule has 1 spiro atoms. The summed E-state index contributed by atoms with van der Waals surface area (Å²) in [5, 5.41) is 4.68. The Kier molecular flexibility index (Phi) is 2.86. The van der Waals surface area contributed by atoms with Gasteiger partial charge in [-0.1, -0.05) is 30.2 Å². The van der Waals surface area contributed by atoms with E-state index in [1.807, 2.05) is 12.1 Å². The van der Waals surface area contributed by atoms with Gasteiger partial charge in [-0.05, 0) is 42.4 Å². The molecule has 0 heterocycles. The first kappa shape index (κ1) is 11.7. The van der Waals surface area contributed by atoms with Gasteiger partial charge in [-0.2, -0.15) is 5.10 Å². The second-order valence-electron chi connectivity index (χ2n) is 5.26. The number of benzene rings is 1. The topological polar surface area (TPSA) is 41.5 Å². The molecule has 2 aliphatic carbocycles. The zero-order valence-electron chi connectivity index (χ0n) is 10.0. The fraction of sp³-hybridized carbons (Fsp3) is 0.429. The minimum atomic E-state index is 0.0694. The Morgan fingerprint density at radius 3 is 2.67 bits per heavy atom. The molecule has 0 radical (unpaired) electrons. The smallest absolute Gasteiger partial charge is 0.243 e. The van der Waals surface area contributed by atoms with Crippen LogP contribution in [0.2, 0.25) is 5.02 Å². The summed E-state index contributed by atoms with van der Waals surface area (Å²) in [6.45, 7) is 0. The van der Waals surface area contributed by atoms with E-state index in [1.165, 1.54) is 19.3 Å². The Bertz CT molecular complexity index is 491. The Morgan fingerprint density at radius 2 is 2.11 bits per heavy atom. The van der Waals surface area contributed by atoms with Crippen molar-refractivity contribution in [3.8, 4) is 0 Å². The van der Waals surface area contributed by atoms with Crippen LogP contribution in [0.5, 0.6) is 0 Å². The number of nitrogens with zero attached hydrogens (tertiary/aromatic N) is 1. The molecular formula is C14H15ClN2O. The monoisotopic (exact) mass is 262 g/mol. The third kappa shape index (κ3) is 2.15. The van der Waals surface area contributed by atoms with Crippen molar-refractivity contribution in [1.29, 1.82) is 0 Å². The lowest BCUT2D eigenvalue weighted by Crippen LogP contribution is -2.26. The highest BCUT2D eigenvalue weighted by Crippen LogP contribution is 2.65. The first-order valence-corrected chi connectivity index (χ1v) is 6.66. The van der Waals surface area contributed by atoms with Crippen LogP contribution in [0.1, 0.15) is 31.2 Å². The van der Waals surface area contributed by atoms with Gasteiger partial charge in [-0.3, -0.25) is 4.79 Å². The highest BCUT2D eigenvalue weighted by Gasteiger charge is 2.60. The minimum Gasteiger partial charge on any atom is -0.273 e. The van der Waals surface area contributed by atoms with E-state index in [0.29, 0.717) is 10.4 Å². The van der Waals surface area contributed by atoms with Crippen LogP contribution in [-0.2, 0) is 4.79 Å². The first-order valence-electron chi connectivity index (χ1n) is 6.28. The van der Waals surface area contributed by atoms with E-state index in [-0.39, 0.29) is 11.8 Å². The van der Waals surface area contributed by atoms with Gasteiger partial charge in [0.2, 0.25) is 5.91 Å². The second kappa shape index (κ2) is 4.39. The minimum absolute atomic E-state index is 0.0694. The van der Waals surface area contributed by atoms with Crippen LogP contribution in [0.15, 0.2) is 29.4 Å². The molecule has 4 heteroatoms. The Morgan fingerprint density at radius 1 is 1.39 bits per heavy atom. The molecule has 1 aromatic carbocycles. The van der Waals surface area contributed by atoms with Crippen LogP contribution in [0, 0.1) is 11.3 Å². The van der Waals surface area contributed by atoms with Crippen molar-refractivity contribution >= 4 is 23.7 Å². The number of rotatable bonds is 3. The van der Waals surface area contributed by atoms with E-state index in [2.05, 4.69) is 10.5 Å². The van der Waals surface area contributed by atoms with E-state index in [9.17, 15) is 4.79 Å². The number of hydrogen-bond donors (Lipinski definition) is 1. The molecule has 1 aromatic rings. The third-order valence-corrected chi connectivity index (χ3v) is 4.37. The summed E-state index contributed by atoms with van der Waals surface area (Å²) in [6.07, 6.45) is 6.40. The van der Waals surface area contributed by atoms with Crippen LogP contribution in [0.25, 0.3) is 0 Å². The largest absolute Gasteiger partial charge is 0.273 e. The zero-order chi connectivity index (χ0) is 12.6. The average molecular weight is 263 g/mol. The van der Waals surface area contributed by atoms with Crippen molar-refractivity contribution in [1.82, 2.24) is 5.43 Å². The van der Waals surface area contributed by atoms with Crippen molar-refractivity contribution in [3.63, 3.8) is 0 Å². The quantitative estimate of drug-likeness (QED) is 0.660. The van der Waals surface area contributed by atoms with Gasteiger partial charge < -0.3 is 0 Å². The molecule has 1 N–H and O–H groups in total. The van der Waals surface area contributed by atoms with Crippen LogP contribution >= 0.6 is 11.6 Å². The number of carbonyl (C=O) groups excluding carboxylic acids is 1. The van der Waals surface area contributed by atoms with E-state index in [4.69, 9.17) is 11.6 Å². The maximum absolute atomic E-state index is 11.8. The molecule has 3 nitrogen and oxygen atoms in total. The highest BCUT2D eigenvalue weighted by atomic mass is 35.5. The lowest BCUT2D eigenvalue weighted by atomic mass is 9.80. The maximum atomic E-state index is 11.8. The average Bonchev–Trinajstić information content (AvgIpc) is 3.07.